The highest BCUT2D eigenvalue weighted by Crippen LogP contribution is 2.10. The minimum absolute atomic E-state index is 0.0383. The SMILES string of the molecule is Cc1ccccc1CCNC(=O)CN[C@@H](C)c1ccccc1. The van der Waals surface area contributed by atoms with Crippen LogP contribution >= 0.6 is 0 Å². The molecule has 0 aromatic heterocycles. The van der Waals surface area contributed by atoms with E-state index in [0.29, 0.717) is 13.1 Å². The highest BCUT2D eigenvalue weighted by atomic mass is 16.1. The summed E-state index contributed by atoms with van der Waals surface area (Å²) in [5.74, 6) is 0.0383. The third-order valence-electron chi connectivity index (χ3n) is 3.85. The third kappa shape index (κ3) is 5.01. The lowest BCUT2D eigenvalue weighted by atomic mass is 10.1. The minimum Gasteiger partial charge on any atom is -0.355 e. The molecule has 2 N–H and O–H groups in total. The Morgan fingerprint density at radius 1 is 1.05 bits per heavy atom. The first-order chi connectivity index (χ1) is 10.7. The van der Waals surface area contributed by atoms with Crippen molar-refractivity contribution < 1.29 is 4.79 Å². The van der Waals surface area contributed by atoms with Crippen LogP contribution in [0.15, 0.2) is 54.6 Å². The van der Waals surface area contributed by atoms with Crippen LogP contribution in [0.5, 0.6) is 0 Å². The molecule has 116 valence electrons. The van der Waals surface area contributed by atoms with Crippen LogP contribution in [0.2, 0.25) is 0 Å². The molecular formula is C19H24N2O. The number of aryl methyl sites for hydroxylation is 1. The van der Waals surface area contributed by atoms with Crippen molar-refractivity contribution in [2.45, 2.75) is 26.3 Å². The fraction of sp³-hybridized carbons (Fsp3) is 0.316. The first kappa shape index (κ1) is 16.2. The van der Waals surface area contributed by atoms with Gasteiger partial charge in [0.15, 0.2) is 0 Å². The van der Waals surface area contributed by atoms with Gasteiger partial charge in [0.05, 0.1) is 6.54 Å². The van der Waals surface area contributed by atoms with Gasteiger partial charge in [0.1, 0.15) is 0 Å². The summed E-state index contributed by atoms with van der Waals surface area (Å²) in [4.78, 5) is 11.9. The summed E-state index contributed by atoms with van der Waals surface area (Å²) in [5, 5.41) is 6.21. The molecule has 0 aliphatic carbocycles. The Kier molecular flexibility index (Phi) is 6.16. The molecule has 1 amide bonds. The molecule has 0 saturated carbocycles. The van der Waals surface area contributed by atoms with Gasteiger partial charge in [-0.05, 0) is 37.0 Å². The summed E-state index contributed by atoms with van der Waals surface area (Å²) >= 11 is 0. The average Bonchev–Trinajstić information content (AvgIpc) is 2.55. The second-order valence-electron chi connectivity index (χ2n) is 5.54. The van der Waals surface area contributed by atoms with Gasteiger partial charge in [-0.1, -0.05) is 54.6 Å². The van der Waals surface area contributed by atoms with Crippen molar-refractivity contribution in [1.29, 1.82) is 0 Å². The first-order valence-corrected chi connectivity index (χ1v) is 7.76. The van der Waals surface area contributed by atoms with Gasteiger partial charge in [0.25, 0.3) is 0 Å². The standard InChI is InChI=1S/C19H24N2O/c1-15-8-6-7-9-17(15)12-13-20-19(22)14-21-16(2)18-10-4-3-5-11-18/h3-11,16,21H,12-14H2,1-2H3,(H,20,22)/t16-/m0/s1. The van der Waals surface area contributed by atoms with E-state index in [0.717, 1.165) is 6.42 Å². The van der Waals surface area contributed by atoms with Crippen molar-refractivity contribution in [2.75, 3.05) is 13.1 Å². The lowest BCUT2D eigenvalue weighted by Gasteiger charge is -2.14. The Balaban J connectivity index is 1.69. The van der Waals surface area contributed by atoms with E-state index in [1.165, 1.54) is 16.7 Å². The van der Waals surface area contributed by atoms with Crippen LogP contribution in [-0.4, -0.2) is 19.0 Å². The summed E-state index contributed by atoms with van der Waals surface area (Å²) < 4.78 is 0. The zero-order valence-electron chi connectivity index (χ0n) is 13.3. The molecule has 1 atom stereocenters. The van der Waals surface area contributed by atoms with E-state index in [4.69, 9.17) is 0 Å². The minimum atomic E-state index is 0.0383. The van der Waals surface area contributed by atoms with Gasteiger partial charge in [0, 0.05) is 12.6 Å². The molecule has 2 aromatic carbocycles. The Morgan fingerprint density at radius 3 is 2.45 bits per heavy atom. The topological polar surface area (TPSA) is 41.1 Å². The second kappa shape index (κ2) is 8.35. The number of hydrogen-bond acceptors (Lipinski definition) is 2. The van der Waals surface area contributed by atoms with Crippen LogP contribution in [0.1, 0.15) is 29.7 Å². The lowest BCUT2D eigenvalue weighted by molar-refractivity contribution is -0.120. The molecule has 22 heavy (non-hydrogen) atoms. The fourth-order valence-electron chi connectivity index (χ4n) is 2.40. The quantitative estimate of drug-likeness (QED) is 0.824. The highest BCUT2D eigenvalue weighted by molar-refractivity contribution is 5.78. The normalized spacial score (nSPS) is 11.9. The van der Waals surface area contributed by atoms with Crippen LogP contribution in [0.3, 0.4) is 0 Å². The van der Waals surface area contributed by atoms with E-state index in [-0.39, 0.29) is 11.9 Å². The molecule has 3 nitrogen and oxygen atoms in total. The third-order valence-corrected chi connectivity index (χ3v) is 3.85. The molecule has 0 fully saturated rings. The van der Waals surface area contributed by atoms with Crippen molar-refractivity contribution in [3.63, 3.8) is 0 Å². The van der Waals surface area contributed by atoms with Gasteiger partial charge >= 0.3 is 0 Å². The number of hydrogen-bond donors (Lipinski definition) is 2. The van der Waals surface area contributed by atoms with Gasteiger partial charge in [-0.2, -0.15) is 0 Å². The zero-order valence-corrected chi connectivity index (χ0v) is 13.3. The van der Waals surface area contributed by atoms with E-state index in [1.807, 2.05) is 30.3 Å². The van der Waals surface area contributed by atoms with Crippen molar-refractivity contribution in [1.82, 2.24) is 10.6 Å². The van der Waals surface area contributed by atoms with Crippen molar-refractivity contribution in [2.24, 2.45) is 0 Å². The molecule has 2 aromatic rings. The van der Waals surface area contributed by atoms with Crippen molar-refractivity contribution in [3.8, 4) is 0 Å². The number of amides is 1. The Hall–Kier alpha value is -2.13. The van der Waals surface area contributed by atoms with Crippen LogP contribution in [-0.2, 0) is 11.2 Å². The van der Waals surface area contributed by atoms with Crippen LogP contribution in [0, 0.1) is 6.92 Å². The summed E-state index contributed by atoms with van der Waals surface area (Å²) in [6.45, 7) is 5.17. The molecule has 0 bridgehead atoms. The molecule has 2 rings (SSSR count). The maximum Gasteiger partial charge on any atom is 0.233 e. The Morgan fingerprint density at radius 2 is 1.73 bits per heavy atom. The predicted molar refractivity (Wildman–Crippen MR) is 90.8 cm³/mol. The Labute approximate surface area is 132 Å². The maximum absolute atomic E-state index is 11.9. The fourth-order valence-corrected chi connectivity index (χ4v) is 2.40. The van der Waals surface area contributed by atoms with E-state index in [9.17, 15) is 4.79 Å². The zero-order chi connectivity index (χ0) is 15.8. The van der Waals surface area contributed by atoms with E-state index in [2.05, 4.69) is 48.7 Å². The van der Waals surface area contributed by atoms with Gasteiger partial charge in [0.2, 0.25) is 5.91 Å². The molecule has 0 unspecified atom stereocenters. The van der Waals surface area contributed by atoms with Crippen LogP contribution in [0.4, 0.5) is 0 Å². The van der Waals surface area contributed by atoms with Crippen LogP contribution in [0.25, 0.3) is 0 Å². The number of carbonyl (C=O) groups is 1. The molecular weight excluding hydrogens is 272 g/mol. The van der Waals surface area contributed by atoms with Gasteiger partial charge in [-0.15, -0.1) is 0 Å². The molecule has 0 spiro atoms. The highest BCUT2D eigenvalue weighted by Gasteiger charge is 2.07. The smallest absolute Gasteiger partial charge is 0.233 e. The summed E-state index contributed by atoms with van der Waals surface area (Å²) in [5.41, 5.74) is 3.75. The van der Waals surface area contributed by atoms with E-state index in [1.54, 1.807) is 0 Å². The molecule has 3 heteroatoms. The first-order valence-electron chi connectivity index (χ1n) is 7.76. The molecule has 0 radical (unpaired) electrons. The summed E-state index contributed by atoms with van der Waals surface area (Å²) in [6, 6.07) is 18.6. The predicted octanol–water partition coefficient (Wildman–Crippen LogP) is 3.00. The largest absolute Gasteiger partial charge is 0.355 e. The number of rotatable bonds is 7. The number of carbonyl (C=O) groups excluding carboxylic acids is 1. The number of benzene rings is 2. The number of nitrogens with one attached hydrogen (secondary N) is 2. The molecule has 0 aliphatic rings. The summed E-state index contributed by atoms with van der Waals surface area (Å²) in [7, 11) is 0. The van der Waals surface area contributed by atoms with Crippen molar-refractivity contribution in [3.05, 3.63) is 71.3 Å². The monoisotopic (exact) mass is 296 g/mol. The molecule has 0 saturated heterocycles. The van der Waals surface area contributed by atoms with Crippen LogP contribution < -0.4 is 10.6 Å². The van der Waals surface area contributed by atoms with Gasteiger partial charge in [-0.3, -0.25) is 4.79 Å². The molecule has 0 heterocycles. The maximum atomic E-state index is 11.9. The summed E-state index contributed by atoms with van der Waals surface area (Å²) in [6.07, 6.45) is 0.868. The van der Waals surface area contributed by atoms with Gasteiger partial charge in [-0.25, -0.2) is 0 Å². The lowest BCUT2D eigenvalue weighted by Crippen LogP contribution is -2.36. The van der Waals surface area contributed by atoms with E-state index >= 15 is 0 Å². The molecule has 0 aliphatic heterocycles. The van der Waals surface area contributed by atoms with Gasteiger partial charge < -0.3 is 10.6 Å². The van der Waals surface area contributed by atoms with Crippen molar-refractivity contribution >= 4 is 5.91 Å². The van der Waals surface area contributed by atoms with E-state index < -0.39 is 0 Å². The average molecular weight is 296 g/mol. The second-order valence-corrected chi connectivity index (χ2v) is 5.54. The Bertz CT molecular complexity index is 595.